The Morgan fingerprint density at radius 1 is 0.667 bits per heavy atom. The lowest BCUT2D eigenvalue weighted by molar-refractivity contribution is -0.182. The quantitative estimate of drug-likeness (QED) is 0.0858. The molecule has 36 heavy (non-hydrogen) atoms. The topological polar surface area (TPSA) is 238 Å². The van der Waals surface area contributed by atoms with Crippen LogP contribution in [-0.2, 0) is 14.4 Å². The van der Waals surface area contributed by atoms with Crippen LogP contribution in [-0.4, -0.2) is 106 Å². The fourth-order valence-corrected chi connectivity index (χ4v) is 7.13. The number of aliphatic hydroxyl groups is 3. The first-order valence-corrected chi connectivity index (χ1v) is 12.8. The Kier molecular flexibility index (Phi) is 9.69. The average Bonchev–Trinajstić information content (AvgIpc) is 3.67. The van der Waals surface area contributed by atoms with Crippen LogP contribution >= 0.6 is 0 Å². The highest BCUT2D eigenvalue weighted by Gasteiger charge is 2.68. The van der Waals surface area contributed by atoms with Crippen molar-refractivity contribution in [3.05, 3.63) is 0 Å². The molecule has 0 aromatic rings. The molecule has 12 nitrogen and oxygen atoms in total. The van der Waals surface area contributed by atoms with E-state index < -0.39 is 59.7 Å². The molecular weight excluding hydrogens is 474 g/mol. The third-order valence-corrected chi connectivity index (χ3v) is 8.74. The molecule has 3 saturated heterocycles. The van der Waals surface area contributed by atoms with E-state index in [9.17, 15) is 45.0 Å². The number of aliphatic carboxylic acids is 3. The summed E-state index contributed by atoms with van der Waals surface area (Å²) in [6.07, 6.45) is 0.174. The molecule has 6 atom stereocenters. The normalized spacial score (nSPS) is 26.9. The fourth-order valence-electron chi connectivity index (χ4n) is 7.13. The van der Waals surface area contributed by atoms with Crippen LogP contribution in [0.1, 0.15) is 44.9 Å². The van der Waals surface area contributed by atoms with Gasteiger partial charge in [-0.3, -0.25) is 14.4 Å². The van der Waals surface area contributed by atoms with Gasteiger partial charge in [0.15, 0.2) is 0 Å². The van der Waals surface area contributed by atoms with Crippen LogP contribution in [0.3, 0.4) is 0 Å². The molecule has 3 heterocycles. The molecule has 206 valence electrons. The molecule has 0 amide bonds. The van der Waals surface area contributed by atoms with Gasteiger partial charge in [0.05, 0.1) is 13.2 Å². The average molecular weight is 516 g/mol. The van der Waals surface area contributed by atoms with Gasteiger partial charge in [-0.05, 0) is 48.9 Å². The van der Waals surface area contributed by atoms with Gasteiger partial charge in [0, 0.05) is 69.0 Å². The van der Waals surface area contributed by atoms with Crippen molar-refractivity contribution >= 4 is 17.9 Å². The van der Waals surface area contributed by atoms with Gasteiger partial charge in [0.1, 0.15) is 0 Å². The molecular formula is C24H41N3O9. The van der Waals surface area contributed by atoms with E-state index in [2.05, 4.69) is 16.0 Å². The zero-order valence-corrected chi connectivity index (χ0v) is 20.6. The van der Waals surface area contributed by atoms with Crippen molar-refractivity contribution in [1.29, 1.82) is 0 Å². The van der Waals surface area contributed by atoms with Gasteiger partial charge in [0.2, 0.25) is 0 Å². The summed E-state index contributed by atoms with van der Waals surface area (Å²) in [5.41, 5.74) is -2.36. The van der Waals surface area contributed by atoms with E-state index in [1.807, 2.05) is 0 Å². The van der Waals surface area contributed by atoms with Gasteiger partial charge in [-0.25, -0.2) is 0 Å². The highest BCUT2D eigenvalue weighted by atomic mass is 16.4. The summed E-state index contributed by atoms with van der Waals surface area (Å²) in [4.78, 5) is 35.1. The molecule has 0 saturated carbocycles. The summed E-state index contributed by atoms with van der Waals surface area (Å²) in [6.45, 7) is 0.447. The van der Waals surface area contributed by atoms with Crippen LogP contribution in [0.15, 0.2) is 0 Å². The van der Waals surface area contributed by atoms with Gasteiger partial charge < -0.3 is 46.6 Å². The number of carboxylic acid groups (broad SMARTS) is 3. The zero-order valence-electron chi connectivity index (χ0n) is 20.6. The first-order valence-electron chi connectivity index (χ1n) is 12.8. The first-order chi connectivity index (χ1) is 17.2. The number of hydrogen-bond acceptors (Lipinski definition) is 9. The van der Waals surface area contributed by atoms with Crippen molar-refractivity contribution in [2.24, 2.45) is 28.6 Å². The van der Waals surface area contributed by atoms with Gasteiger partial charge in [-0.2, -0.15) is 0 Å². The van der Waals surface area contributed by atoms with Gasteiger partial charge in [0.25, 0.3) is 0 Å². The van der Waals surface area contributed by atoms with Crippen LogP contribution in [0.2, 0.25) is 0 Å². The number of hydrogen-bond donors (Lipinski definition) is 9. The highest BCUT2D eigenvalue weighted by Crippen LogP contribution is 2.64. The number of carboxylic acids is 3. The standard InChI is InChI=1S/C24H41N3O9/c28-8-7-23(12-29,13-30)24(14(17-9-25-17)1-4-20(31)32,15(18-10-26-18)2-5-21(33)34)16(19-11-27-19)3-6-22(35)36/h14-19,25-30H,1-13H2,(H,31,32)(H,33,34)(H,35,36). The Morgan fingerprint density at radius 3 is 1.17 bits per heavy atom. The van der Waals surface area contributed by atoms with Crippen LogP contribution in [0.25, 0.3) is 0 Å². The van der Waals surface area contributed by atoms with Gasteiger partial charge in [-0.15, -0.1) is 0 Å². The SMILES string of the molecule is O=C(O)CCC(C1CN1)C(C(CCC(=O)O)C1CN1)(C(CCC(=O)O)C1CN1)C(CO)(CO)CCO. The van der Waals surface area contributed by atoms with Crippen molar-refractivity contribution in [3.63, 3.8) is 0 Å². The number of nitrogens with one attached hydrogen (secondary N) is 3. The van der Waals surface area contributed by atoms with E-state index in [-0.39, 0.29) is 69.7 Å². The van der Waals surface area contributed by atoms with Crippen LogP contribution < -0.4 is 16.0 Å². The molecule has 9 N–H and O–H groups in total. The Hall–Kier alpha value is -1.83. The molecule has 6 unspecified atom stereocenters. The maximum Gasteiger partial charge on any atom is 0.303 e. The molecule has 0 aliphatic carbocycles. The van der Waals surface area contributed by atoms with E-state index in [0.717, 1.165) is 0 Å². The molecule has 12 heteroatoms. The lowest BCUT2D eigenvalue weighted by Gasteiger charge is -2.61. The minimum absolute atomic E-state index is 0.0167. The molecule has 3 aliphatic rings. The fraction of sp³-hybridized carbons (Fsp3) is 0.875. The van der Waals surface area contributed by atoms with E-state index in [1.165, 1.54) is 0 Å². The summed E-state index contributed by atoms with van der Waals surface area (Å²) in [5.74, 6) is -4.18. The molecule has 0 aromatic heterocycles. The summed E-state index contributed by atoms with van der Waals surface area (Å²) in [7, 11) is 0. The van der Waals surface area contributed by atoms with E-state index >= 15 is 0 Å². The van der Waals surface area contributed by atoms with Crippen LogP contribution in [0.4, 0.5) is 0 Å². The van der Waals surface area contributed by atoms with Gasteiger partial charge in [-0.1, -0.05) is 0 Å². The second-order valence-electron chi connectivity index (χ2n) is 10.7. The van der Waals surface area contributed by atoms with Crippen molar-refractivity contribution < 1.29 is 45.0 Å². The summed E-state index contributed by atoms with van der Waals surface area (Å²) in [5, 5.41) is 70.7. The maximum atomic E-state index is 11.7. The minimum Gasteiger partial charge on any atom is -0.481 e. The molecule has 0 radical (unpaired) electrons. The minimum atomic E-state index is -1.30. The molecule has 3 aliphatic heterocycles. The van der Waals surface area contributed by atoms with E-state index in [1.54, 1.807) is 0 Å². The zero-order chi connectivity index (χ0) is 26.5. The summed E-state index contributed by atoms with van der Waals surface area (Å²) < 4.78 is 0. The smallest absolute Gasteiger partial charge is 0.303 e. The van der Waals surface area contributed by atoms with E-state index in [0.29, 0.717) is 19.6 Å². The summed E-state index contributed by atoms with van der Waals surface area (Å²) in [6, 6.07) is -0.381. The Bertz CT molecular complexity index is 695. The van der Waals surface area contributed by atoms with Crippen LogP contribution in [0, 0.1) is 28.6 Å². The molecule has 0 spiro atoms. The van der Waals surface area contributed by atoms with Crippen molar-refractivity contribution in [3.8, 4) is 0 Å². The number of carbonyl (C=O) groups is 3. The largest absolute Gasteiger partial charge is 0.481 e. The number of rotatable bonds is 20. The third kappa shape index (κ3) is 6.17. The number of aliphatic hydroxyl groups excluding tert-OH is 3. The molecule has 3 fully saturated rings. The maximum absolute atomic E-state index is 11.7. The molecule has 0 bridgehead atoms. The lowest BCUT2D eigenvalue weighted by atomic mass is 9.42. The van der Waals surface area contributed by atoms with Crippen LogP contribution in [0.5, 0.6) is 0 Å². The molecule has 3 rings (SSSR count). The van der Waals surface area contributed by atoms with Gasteiger partial charge >= 0.3 is 17.9 Å². The van der Waals surface area contributed by atoms with Crippen molar-refractivity contribution in [2.45, 2.75) is 63.1 Å². The first kappa shape index (κ1) is 28.7. The highest BCUT2D eigenvalue weighted by molar-refractivity contribution is 5.67. The Morgan fingerprint density at radius 2 is 0.972 bits per heavy atom. The third-order valence-electron chi connectivity index (χ3n) is 8.74. The van der Waals surface area contributed by atoms with Crippen molar-refractivity contribution in [2.75, 3.05) is 39.5 Å². The second-order valence-corrected chi connectivity index (χ2v) is 10.7. The van der Waals surface area contributed by atoms with E-state index in [4.69, 9.17) is 0 Å². The predicted molar refractivity (Wildman–Crippen MR) is 127 cm³/mol. The Labute approximate surface area is 210 Å². The second kappa shape index (κ2) is 12.1. The lowest BCUT2D eigenvalue weighted by Crippen LogP contribution is -2.64. The molecule has 0 aromatic carbocycles. The monoisotopic (exact) mass is 515 g/mol. The van der Waals surface area contributed by atoms with Crippen molar-refractivity contribution in [1.82, 2.24) is 16.0 Å². The summed E-state index contributed by atoms with van der Waals surface area (Å²) >= 11 is 0. The predicted octanol–water partition coefficient (Wildman–Crippen LogP) is -1.32. The Balaban J connectivity index is 2.28.